The van der Waals surface area contributed by atoms with Gasteiger partial charge in [-0.2, -0.15) is 0 Å². The van der Waals surface area contributed by atoms with Gasteiger partial charge in [-0.1, -0.05) is 5.92 Å². The normalized spacial score (nSPS) is 12.7. The molecule has 0 saturated carbocycles. The Morgan fingerprint density at radius 1 is 1.00 bits per heavy atom. The fourth-order valence-electron chi connectivity index (χ4n) is 0.253. The van der Waals surface area contributed by atoms with Gasteiger partial charge in [0.1, 0.15) is 0 Å². The van der Waals surface area contributed by atoms with Crippen LogP contribution in [0.15, 0.2) is 0 Å². The lowest BCUT2D eigenvalue weighted by atomic mass is 10.2. The van der Waals surface area contributed by atoms with Crippen LogP contribution in [0.5, 0.6) is 0 Å². The van der Waals surface area contributed by atoms with E-state index in [4.69, 9.17) is 16.2 Å². The first-order valence-electron chi connectivity index (χ1n) is 3.61. The third kappa shape index (κ3) is 5.90. The van der Waals surface area contributed by atoms with Crippen molar-refractivity contribution in [2.24, 2.45) is 0 Å². The highest BCUT2D eigenvalue weighted by molar-refractivity contribution is 5.02. The van der Waals surface area contributed by atoms with Crippen molar-refractivity contribution < 1.29 is 9.78 Å². The third-order valence-corrected chi connectivity index (χ3v) is 0.848. The Morgan fingerprint density at radius 3 is 1.73 bits per heavy atom. The lowest BCUT2D eigenvalue weighted by Gasteiger charge is -2.24. The van der Waals surface area contributed by atoms with Gasteiger partial charge in [0.15, 0.2) is 5.60 Å². The highest BCUT2D eigenvalue weighted by Gasteiger charge is 2.20. The van der Waals surface area contributed by atoms with Crippen molar-refractivity contribution in [2.45, 2.75) is 45.8 Å². The molecule has 0 aromatic rings. The topological polar surface area (TPSA) is 18.5 Å². The minimum atomic E-state index is -0.646. The van der Waals surface area contributed by atoms with Crippen LogP contribution in [-0.4, -0.2) is 11.2 Å². The molecule has 64 valence electrons. The minimum absolute atomic E-state index is 0.311. The summed E-state index contributed by atoms with van der Waals surface area (Å²) >= 11 is 0. The SMILES string of the molecule is C#CC(C)(C)OOC(C)(C)C. The van der Waals surface area contributed by atoms with Gasteiger partial charge < -0.3 is 0 Å². The predicted molar refractivity (Wildman–Crippen MR) is 44.8 cm³/mol. The largest absolute Gasteiger partial charge is 0.229 e. The van der Waals surface area contributed by atoms with E-state index in [2.05, 4.69) is 5.92 Å². The van der Waals surface area contributed by atoms with Crippen molar-refractivity contribution in [3.63, 3.8) is 0 Å². The lowest BCUT2D eigenvalue weighted by Crippen LogP contribution is -2.29. The van der Waals surface area contributed by atoms with Gasteiger partial charge in [-0.3, -0.25) is 0 Å². The molecule has 0 atom stereocenters. The van der Waals surface area contributed by atoms with Crippen LogP contribution in [-0.2, 0) is 9.78 Å². The summed E-state index contributed by atoms with van der Waals surface area (Å²) in [7, 11) is 0. The molecule has 0 aliphatic carbocycles. The van der Waals surface area contributed by atoms with Gasteiger partial charge in [-0.25, -0.2) is 9.78 Å². The second-order valence-electron chi connectivity index (χ2n) is 3.93. The fourth-order valence-corrected chi connectivity index (χ4v) is 0.253. The van der Waals surface area contributed by atoms with Crippen LogP contribution in [0.2, 0.25) is 0 Å². The van der Waals surface area contributed by atoms with Crippen LogP contribution in [0.1, 0.15) is 34.6 Å². The summed E-state index contributed by atoms with van der Waals surface area (Å²) < 4.78 is 0. The first-order valence-corrected chi connectivity index (χ1v) is 3.61. The Balaban J connectivity index is 3.83. The molecule has 0 aliphatic heterocycles. The predicted octanol–water partition coefficient (Wildman–Crippen LogP) is 2.14. The highest BCUT2D eigenvalue weighted by atomic mass is 17.2. The summed E-state index contributed by atoms with van der Waals surface area (Å²) in [5.74, 6) is 2.47. The van der Waals surface area contributed by atoms with Crippen LogP contribution in [0, 0.1) is 12.3 Å². The van der Waals surface area contributed by atoms with Crippen LogP contribution in [0.3, 0.4) is 0 Å². The van der Waals surface area contributed by atoms with Crippen LogP contribution < -0.4 is 0 Å². The smallest absolute Gasteiger partial charge is 0.157 e. The maximum Gasteiger partial charge on any atom is 0.157 e. The number of terminal acetylenes is 1. The van der Waals surface area contributed by atoms with Gasteiger partial charge >= 0.3 is 0 Å². The second kappa shape index (κ2) is 3.25. The van der Waals surface area contributed by atoms with E-state index in [1.807, 2.05) is 20.8 Å². The summed E-state index contributed by atoms with van der Waals surface area (Å²) in [5, 5.41) is 0. The molecule has 0 rings (SSSR count). The summed E-state index contributed by atoms with van der Waals surface area (Å²) in [6.07, 6.45) is 5.18. The minimum Gasteiger partial charge on any atom is -0.229 e. The van der Waals surface area contributed by atoms with Gasteiger partial charge in [-0.05, 0) is 34.6 Å². The second-order valence-corrected chi connectivity index (χ2v) is 3.93. The van der Waals surface area contributed by atoms with E-state index in [9.17, 15) is 0 Å². The molecule has 0 saturated heterocycles. The quantitative estimate of drug-likeness (QED) is 0.346. The summed E-state index contributed by atoms with van der Waals surface area (Å²) in [6, 6.07) is 0. The number of hydrogen-bond acceptors (Lipinski definition) is 2. The molecule has 0 unspecified atom stereocenters. The Labute approximate surface area is 68.8 Å². The third-order valence-electron chi connectivity index (χ3n) is 0.848. The van der Waals surface area contributed by atoms with E-state index in [0.29, 0.717) is 0 Å². The highest BCUT2D eigenvalue weighted by Crippen LogP contribution is 2.14. The Morgan fingerprint density at radius 2 is 1.45 bits per heavy atom. The van der Waals surface area contributed by atoms with Crippen LogP contribution in [0.4, 0.5) is 0 Å². The molecule has 11 heavy (non-hydrogen) atoms. The molecule has 0 amide bonds. The standard InChI is InChI=1S/C9H16O2/c1-7-9(5,6)11-10-8(2,3)4/h1H,2-6H3. The van der Waals surface area contributed by atoms with Crippen molar-refractivity contribution in [1.82, 2.24) is 0 Å². The Bertz CT molecular complexity index is 157. The average molecular weight is 156 g/mol. The van der Waals surface area contributed by atoms with Gasteiger partial charge in [0, 0.05) is 0 Å². The van der Waals surface area contributed by atoms with Crippen molar-refractivity contribution in [3.8, 4) is 12.3 Å². The molecule has 0 heterocycles. The van der Waals surface area contributed by atoms with E-state index in [0.717, 1.165) is 0 Å². The van der Waals surface area contributed by atoms with Gasteiger partial charge in [0.2, 0.25) is 0 Å². The molecular formula is C9H16O2. The van der Waals surface area contributed by atoms with E-state index in [1.165, 1.54) is 0 Å². The number of hydrogen-bond donors (Lipinski definition) is 0. The molecule has 0 aliphatic rings. The molecule has 0 aromatic heterocycles. The van der Waals surface area contributed by atoms with Crippen LogP contribution >= 0.6 is 0 Å². The lowest BCUT2D eigenvalue weighted by molar-refractivity contribution is -0.384. The van der Waals surface area contributed by atoms with Crippen molar-refractivity contribution in [1.29, 1.82) is 0 Å². The van der Waals surface area contributed by atoms with E-state index in [-0.39, 0.29) is 5.60 Å². The zero-order valence-electron chi connectivity index (χ0n) is 7.89. The van der Waals surface area contributed by atoms with Gasteiger partial charge in [0.05, 0.1) is 5.60 Å². The molecule has 2 heteroatoms. The number of rotatable bonds is 2. The first kappa shape index (κ1) is 10.5. The molecule has 0 spiro atoms. The molecule has 0 bridgehead atoms. The summed E-state index contributed by atoms with van der Waals surface area (Å²) in [4.78, 5) is 10.0. The fraction of sp³-hybridized carbons (Fsp3) is 0.778. The summed E-state index contributed by atoms with van der Waals surface area (Å²) in [5.41, 5.74) is -0.957. The zero-order valence-corrected chi connectivity index (χ0v) is 7.89. The molecule has 0 fully saturated rings. The van der Waals surface area contributed by atoms with Crippen LogP contribution in [0.25, 0.3) is 0 Å². The van der Waals surface area contributed by atoms with Gasteiger partial charge in [0.25, 0.3) is 0 Å². The first-order chi connectivity index (χ1) is 4.77. The molecule has 0 N–H and O–H groups in total. The Kier molecular flexibility index (Phi) is 3.10. The maximum atomic E-state index is 5.18. The Hall–Kier alpha value is -0.520. The van der Waals surface area contributed by atoms with Crippen molar-refractivity contribution in [3.05, 3.63) is 0 Å². The maximum absolute atomic E-state index is 5.18. The van der Waals surface area contributed by atoms with Crippen molar-refractivity contribution >= 4 is 0 Å². The van der Waals surface area contributed by atoms with E-state index >= 15 is 0 Å². The van der Waals surface area contributed by atoms with Crippen molar-refractivity contribution in [2.75, 3.05) is 0 Å². The molecular weight excluding hydrogens is 140 g/mol. The van der Waals surface area contributed by atoms with Gasteiger partial charge in [-0.15, -0.1) is 6.42 Å². The average Bonchev–Trinajstić information content (AvgIpc) is 1.83. The van der Waals surface area contributed by atoms with E-state index < -0.39 is 5.60 Å². The molecule has 0 radical (unpaired) electrons. The molecule has 2 nitrogen and oxygen atoms in total. The zero-order chi connectivity index (χ0) is 9.12. The summed E-state index contributed by atoms with van der Waals surface area (Å²) in [6.45, 7) is 9.26. The molecule has 0 aromatic carbocycles. The van der Waals surface area contributed by atoms with E-state index in [1.54, 1.807) is 13.8 Å². The monoisotopic (exact) mass is 156 g/mol.